The van der Waals surface area contributed by atoms with Crippen LogP contribution < -0.4 is 0 Å². The fraction of sp³-hybridized carbons (Fsp3) is 0.625. The molecule has 6 heteroatoms. The van der Waals surface area contributed by atoms with Gasteiger partial charge in [0.05, 0.1) is 0 Å². The number of ether oxygens (including phenoxy) is 2. The van der Waals surface area contributed by atoms with E-state index >= 15 is 0 Å². The number of phenolic OH excluding ortho intramolecular Hbond substituents is 1. The van der Waals surface area contributed by atoms with E-state index in [0.717, 1.165) is 68.7 Å². The number of rotatable bonds is 15. The van der Waals surface area contributed by atoms with Crippen molar-refractivity contribution in [1.82, 2.24) is 0 Å². The largest absolute Gasteiger partial charge is 0.507 e. The van der Waals surface area contributed by atoms with Crippen LogP contribution in [0.15, 0.2) is 27.1 Å². The van der Waals surface area contributed by atoms with Gasteiger partial charge in [0.1, 0.15) is 5.75 Å². The summed E-state index contributed by atoms with van der Waals surface area (Å²) in [7, 11) is 1.70. The zero-order valence-electron chi connectivity index (χ0n) is 19.2. The van der Waals surface area contributed by atoms with Crippen molar-refractivity contribution in [2.45, 2.75) is 51.9 Å². The molecule has 0 spiro atoms. The Balaban J connectivity index is 2.31. The highest BCUT2D eigenvalue weighted by Crippen LogP contribution is 2.29. The first-order chi connectivity index (χ1) is 14.4. The molecule has 0 saturated carbocycles. The first-order valence-electron chi connectivity index (χ1n) is 10.8. The van der Waals surface area contributed by atoms with Gasteiger partial charge in [-0.2, -0.15) is 0 Å². The molecule has 30 heavy (non-hydrogen) atoms. The topological polar surface area (TPSA) is 75.8 Å². The second-order valence-electron chi connectivity index (χ2n) is 8.26. The lowest BCUT2D eigenvalue weighted by Crippen LogP contribution is -2.12. The molecule has 1 aromatic carbocycles. The van der Waals surface area contributed by atoms with Crippen LogP contribution in [0.1, 0.15) is 63.1 Å². The van der Waals surface area contributed by atoms with Gasteiger partial charge in [0, 0.05) is 70.1 Å². The minimum absolute atomic E-state index is 0.0195. The highest BCUT2D eigenvalue weighted by Gasteiger charge is 2.17. The molecule has 0 radical (unpaired) electrons. The van der Waals surface area contributed by atoms with Gasteiger partial charge in [0.15, 0.2) is 0 Å². The molecular weight excluding hydrogens is 378 g/mol. The quantitative estimate of drug-likeness (QED) is 0.338. The summed E-state index contributed by atoms with van der Waals surface area (Å²) >= 11 is 0. The highest BCUT2D eigenvalue weighted by atomic mass is 16.5. The number of aliphatic imine (C=N–C) groups is 3. The van der Waals surface area contributed by atoms with Crippen molar-refractivity contribution in [3.63, 3.8) is 0 Å². The SMILES string of the molecule is C=NCCCOCCCCOCCCN=Cc1cc(C(C)(C)C)cc(/C=N/C)c1O. The van der Waals surface area contributed by atoms with Gasteiger partial charge in [0.25, 0.3) is 0 Å². The van der Waals surface area contributed by atoms with E-state index in [1.807, 2.05) is 12.1 Å². The Morgan fingerprint density at radius 1 is 0.900 bits per heavy atom. The number of nitrogens with zero attached hydrogens (tertiary/aromatic N) is 3. The summed E-state index contributed by atoms with van der Waals surface area (Å²) in [6, 6.07) is 3.98. The van der Waals surface area contributed by atoms with Gasteiger partial charge in [-0.1, -0.05) is 20.8 Å². The molecule has 0 bridgehead atoms. The van der Waals surface area contributed by atoms with E-state index in [2.05, 4.69) is 42.5 Å². The predicted octanol–water partition coefficient (Wildman–Crippen LogP) is 4.45. The van der Waals surface area contributed by atoms with E-state index in [9.17, 15) is 5.11 Å². The van der Waals surface area contributed by atoms with Crippen molar-refractivity contribution < 1.29 is 14.6 Å². The molecule has 1 N–H and O–H groups in total. The molecular formula is C24H39N3O3. The van der Waals surface area contributed by atoms with Gasteiger partial charge in [-0.15, -0.1) is 0 Å². The van der Waals surface area contributed by atoms with Crippen molar-refractivity contribution >= 4 is 19.1 Å². The van der Waals surface area contributed by atoms with Crippen LogP contribution in [0.5, 0.6) is 5.75 Å². The Morgan fingerprint density at radius 3 is 1.97 bits per heavy atom. The Labute approximate surface area is 182 Å². The second kappa shape index (κ2) is 14.9. The van der Waals surface area contributed by atoms with Crippen molar-refractivity contribution in [3.8, 4) is 5.75 Å². The van der Waals surface area contributed by atoms with E-state index in [1.165, 1.54) is 0 Å². The zero-order chi connectivity index (χ0) is 22.2. The molecule has 6 nitrogen and oxygen atoms in total. The minimum Gasteiger partial charge on any atom is -0.507 e. The van der Waals surface area contributed by atoms with Crippen LogP contribution in [0.3, 0.4) is 0 Å². The summed E-state index contributed by atoms with van der Waals surface area (Å²) in [4.78, 5) is 12.3. The van der Waals surface area contributed by atoms with Crippen molar-refractivity contribution in [1.29, 1.82) is 0 Å². The monoisotopic (exact) mass is 417 g/mol. The summed E-state index contributed by atoms with van der Waals surface area (Å²) in [5, 5.41) is 10.5. The molecule has 0 atom stereocenters. The lowest BCUT2D eigenvalue weighted by atomic mass is 9.85. The van der Waals surface area contributed by atoms with Gasteiger partial charge in [-0.25, -0.2) is 0 Å². The van der Waals surface area contributed by atoms with Crippen LogP contribution in [0.2, 0.25) is 0 Å². The maximum Gasteiger partial charge on any atom is 0.133 e. The third-order valence-electron chi connectivity index (χ3n) is 4.54. The molecule has 0 heterocycles. The van der Waals surface area contributed by atoms with E-state index in [4.69, 9.17) is 9.47 Å². The van der Waals surface area contributed by atoms with E-state index in [-0.39, 0.29) is 11.2 Å². The predicted molar refractivity (Wildman–Crippen MR) is 127 cm³/mol. The summed E-state index contributed by atoms with van der Waals surface area (Å²) in [6.07, 6.45) is 7.22. The van der Waals surface area contributed by atoms with Gasteiger partial charge in [-0.3, -0.25) is 9.98 Å². The molecule has 0 aliphatic heterocycles. The smallest absolute Gasteiger partial charge is 0.133 e. The van der Waals surface area contributed by atoms with Gasteiger partial charge in [0.2, 0.25) is 0 Å². The Kier molecular flexibility index (Phi) is 12.9. The Morgan fingerprint density at radius 2 is 1.43 bits per heavy atom. The van der Waals surface area contributed by atoms with Gasteiger partial charge in [-0.05, 0) is 55.5 Å². The maximum atomic E-state index is 10.5. The highest BCUT2D eigenvalue weighted by molar-refractivity contribution is 5.92. The van der Waals surface area contributed by atoms with Crippen molar-refractivity contribution in [2.24, 2.45) is 15.0 Å². The van der Waals surface area contributed by atoms with Crippen molar-refractivity contribution in [2.75, 3.05) is 46.6 Å². The molecule has 0 saturated heterocycles. The molecule has 0 fully saturated rings. The lowest BCUT2D eigenvalue weighted by Gasteiger charge is -2.21. The zero-order valence-corrected chi connectivity index (χ0v) is 19.2. The fourth-order valence-electron chi connectivity index (χ4n) is 2.76. The van der Waals surface area contributed by atoms with E-state index in [1.54, 1.807) is 19.5 Å². The van der Waals surface area contributed by atoms with Gasteiger partial charge < -0.3 is 19.6 Å². The number of unbranched alkanes of at least 4 members (excludes halogenated alkanes) is 1. The molecule has 0 aliphatic rings. The molecule has 0 amide bonds. The number of hydrogen-bond donors (Lipinski definition) is 1. The fourth-order valence-corrected chi connectivity index (χ4v) is 2.76. The first kappa shape index (κ1) is 26.0. The standard InChI is InChI=1S/C24H39N3O3/c1-24(2,3)22-16-20(18-26-5)23(28)21(17-22)19-27-11-9-15-30-13-7-6-12-29-14-8-10-25-4/h16-19,28H,4,6-15H2,1-3,5H3/b26-18+,27-19?. The average Bonchev–Trinajstić information content (AvgIpc) is 2.70. The van der Waals surface area contributed by atoms with Crippen LogP contribution in [0, 0.1) is 0 Å². The molecule has 0 aromatic heterocycles. The minimum atomic E-state index is -0.0195. The van der Waals surface area contributed by atoms with Gasteiger partial charge >= 0.3 is 0 Å². The van der Waals surface area contributed by atoms with Crippen LogP contribution >= 0.6 is 0 Å². The summed E-state index contributed by atoms with van der Waals surface area (Å²) in [5.41, 5.74) is 2.56. The summed E-state index contributed by atoms with van der Waals surface area (Å²) in [5.74, 6) is 0.219. The maximum absolute atomic E-state index is 10.5. The third-order valence-corrected chi connectivity index (χ3v) is 4.54. The summed E-state index contributed by atoms with van der Waals surface area (Å²) in [6.45, 7) is 14.3. The number of aromatic hydroxyl groups is 1. The molecule has 0 unspecified atom stereocenters. The normalized spacial score (nSPS) is 12.3. The van der Waals surface area contributed by atoms with Crippen LogP contribution in [-0.4, -0.2) is 70.8 Å². The van der Waals surface area contributed by atoms with E-state index < -0.39 is 0 Å². The summed E-state index contributed by atoms with van der Waals surface area (Å²) < 4.78 is 11.2. The molecule has 1 rings (SSSR count). The number of phenols is 1. The second-order valence-corrected chi connectivity index (χ2v) is 8.26. The third kappa shape index (κ3) is 10.6. The lowest BCUT2D eigenvalue weighted by molar-refractivity contribution is 0.102. The number of hydrogen-bond acceptors (Lipinski definition) is 6. The first-order valence-corrected chi connectivity index (χ1v) is 10.8. The van der Waals surface area contributed by atoms with E-state index in [0.29, 0.717) is 13.2 Å². The van der Waals surface area contributed by atoms with Crippen LogP contribution in [0.25, 0.3) is 0 Å². The van der Waals surface area contributed by atoms with Crippen LogP contribution in [0.4, 0.5) is 0 Å². The van der Waals surface area contributed by atoms with Crippen LogP contribution in [-0.2, 0) is 14.9 Å². The molecule has 168 valence electrons. The number of benzene rings is 1. The van der Waals surface area contributed by atoms with Crippen molar-refractivity contribution in [3.05, 3.63) is 28.8 Å². The molecule has 0 aliphatic carbocycles. The molecule has 1 aromatic rings. The Hall–Kier alpha value is -2.05. The Bertz CT molecular complexity index is 679. The average molecular weight is 418 g/mol.